The normalized spacial score (nSPS) is 16.1. The minimum Gasteiger partial charge on any atom is -0.481 e. The molecule has 0 unspecified atom stereocenters. The summed E-state index contributed by atoms with van der Waals surface area (Å²) in [6.45, 7) is -0.154. The van der Waals surface area contributed by atoms with Crippen LogP contribution in [0.5, 0.6) is 0 Å². The number of nitrogens with zero attached hydrogens (tertiary/aromatic N) is 1. The zero-order valence-electron chi connectivity index (χ0n) is 12.8. The molecule has 0 bridgehead atoms. The predicted octanol–water partition coefficient (Wildman–Crippen LogP) is 2.02. The molecule has 1 fully saturated rings. The first-order valence-corrected chi connectivity index (χ1v) is 8.14. The van der Waals surface area contributed by atoms with Gasteiger partial charge in [-0.05, 0) is 40.9 Å². The standard InChI is InChI=1S/C15H19BrN2O5/c1-18(14(22)10-4-5-11(16)23-10)9-12(19)17-15(8-13(20)21)6-2-3-7-15/h4-5H,2-3,6-9H2,1H3,(H,17,19)(H,20,21). The first-order chi connectivity index (χ1) is 10.8. The molecular formula is C15H19BrN2O5. The van der Waals surface area contributed by atoms with E-state index in [2.05, 4.69) is 21.2 Å². The summed E-state index contributed by atoms with van der Waals surface area (Å²) in [7, 11) is 1.50. The Balaban J connectivity index is 1.95. The van der Waals surface area contributed by atoms with Crippen LogP contribution in [0.1, 0.15) is 42.7 Å². The van der Waals surface area contributed by atoms with E-state index in [0.29, 0.717) is 17.5 Å². The van der Waals surface area contributed by atoms with E-state index in [0.717, 1.165) is 12.8 Å². The quantitative estimate of drug-likeness (QED) is 0.778. The molecular weight excluding hydrogens is 368 g/mol. The molecule has 1 aromatic rings. The smallest absolute Gasteiger partial charge is 0.305 e. The molecule has 1 saturated carbocycles. The molecule has 1 aromatic heterocycles. The molecule has 1 aliphatic rings. The zero-order valence-corrected chi connectivity index (χ0v) is 14.4. The molecule has 0 aliphatic heterocycles. The maximum Gasteiger partial charge on any atom is 0.305 e. The van der Waals surface area contributed by atoms with Crippen molar-refractivity contribution in [3.8, 4) is 0 Å². The maximum absolute atomic E-state index is 12.2. The summed E-state index contributed by atoms with van der Waals surface area (Å²) in [5.74, 6) is -1.58. The van der Waals surface area contributed by atoms with Crippen molar-refractivity contribution in [3.05, 3.63) is 22.6 Å². The van der Waals surface area contributed by atoms with Crippen molar-refractivity contribution in [1.29, 1.82) is 0 Å². The minimum atomic E-state index is -0.933. The summed E-state index contributed by atoms with van der Waals surface area (Å²) in [4.78, 5) is 36.6. The molecule has 0 atom stereocenters. The summed E-state index contributed by atoms with van der Waals surface area (Å²) in [5, 5.41) is 11.9. The van der Waals surface area contributed by atoms with Crippen LogP contribution in [0.25, 0.3) is 0 Å². The minimum absolute atomic E-state index is 0.0957. The fraction of sp³-hybridized carbons (Fsp3) is 0.533. The van der Waals surface area contributed by atoms with Gasteiger partial charge in [0.25, 0.3) is 5.91 Å². The van der Waals surface area contributed by atoms with Gasteiger partial charge in [0.05, 0.1) is 18.5 Å². The van der Waals surface area contributed by atoms with Gasteiger partial charge in [-0.25, -0.2) is 0 Å². The molecule has 126 valence electrons. The third-order valence-corrected chi connectivity index (χ3v) is 4.39. The molecule has 2 rings (SSSR count). The van der Waals surface area contributed by atoms with Crippen LogP contribution >= 0.6 is 15.9 Å². The number of aliphatic carboxylic acids is 1. The topological polar surface area (TPSA) is 99.9 Å². The molecule has 0 spiro atoms. The van der Waals surface area contributed by atoms with Crippen LogP contribution in [0.15, 0.2) is 21.2 Å². The van der Waals surface area contributed by atoms with Gasteiger partial charge in [-0.2, -0.15) is 0 Å². The number of carboxylic acid groups (broad SMARTS) is 1. The lowest BCUT2D eigenvalue weighted by Crippen LogP contribution is -2.51. The molecule has 23 heavy (non-hydrogen) atoms. The average molecular weight is 387 g/mol. The number of nitrogens with one attached hydrogen (secondary N) is 1. The van der Waals surface area contributed by atoms with Crippen LogP contribution in [0, 0.1) is 0 Å². The number of amides is 2. The Hall–Kier alpha value is -1.83. The molecule has 1 heterocycles. The van der Waals surface area contributed by atoms with E-state index in [1.165, 1.54) is 18.0 Å². The highest BCUT2D eigenvalue weighted by molar-refractivity contribution is 9.10. The van der Waals surface area contributed by atoms with Crippen LogP contribution in [-0.2, 0) is 9.59 Å². The number of carbonyl (C=O) groups excluding carboxylic acids is 2. The van der Waals surface area contributed by atoms with Gasteiger partial charge < -0.3 is 19.7 Å². The van der Waals surface area contributed by atoms with Crippen LogP contribution in [0.3, 0.4) is 0 Å². The van der Waals surface area contributed by atoms with Gasteiger partial charge in [0.2, 0.25) is 5.91 Å². The van der Waals surface area contributed by atoms with Crippen molar-refractivity contribution in [3.63, 3.8) is 0 Å². The van der Waals surface area contributed by atoms with E-state index in [1.54, 1.807) is 6.07 Å². The monoisotopic (exact) mass is 386 g/mol. The van der Waals surface area contributed by atoms with Crippen LogP contribution in [0.2, 0.25) is 0 Å². The van der Waals surface area contributed by atoms with Gasteiger partial charge in [0, 0.05) is 7.05 Å². The first-order valence-electron chi connectivity index (χ1n) is 7.35. The van der Waals surface area contributed by atoms with Crippen molar-refractivity contribution >= 4 is 33.7 Å². The highest BCUT2D eigenvalue weighted by Crippen LogP contribution is 2.32. The summed E-state index contributed by atoms with van der Waals surface area (Å²) in [6, 6.07) is 3.12. The second-order valence-corrected chi connectivity index (χ2v) is 6.65. The molecule has 2 N–H and O–H groups in total. The molecule has 0 radical (unpaired) electrons. The zero-order chi connectivity index (χ0) is 17.0. The van der Waals surface area contributed by atoms with E-state index in [1.807, 2.05) is 0 Å². The summed E-state index contributed by atoms with van der Waals surface area (Å²) >= 11 is 3.12. The number of hydrogen-bond donors (Lipinski definition) is 2. The van der Waals surface area contributed by atoms with Crippen molar-refractivity contribution in [1.82, 2.24) is 10.2 Å². The van der Waals surface area contributed by atoms with Crippen molar-refractivity contribution < 1.29 is 23.9 Å². The van der Waals surface area contributed by atoms with Gasteiger partial charge >= 0.3 is 5.97 Å². The van der Waals surface area contributed by atoms with Crippen LogP contribution in [-0.4, -0.2) is 46.9 Å². The number of halogens is 1. The molecule has 2 amide bonds. The third kappa shape index (κ3) is 4.57. The highest BCUT2D eigenvalue weighted by atomic mass is 79.9. The fourth-order valence-corrected chi connectivity index (χ4v) is 3.23. The number of carboxylic acids is 1. The van der Waals surface area contributed by atoms with Gasteiger partial charge in [0.1, 0.15) is 0 Å². The van der Waals surface area contributed by atoms with E-state index < -0.39 is 17.4 Å². The SMILES string of the molecule is CN(CC(=O)NC1(CC(=O)O)CCCC1)C(=O)c1ccc(Br)o1. The summed E-state index contributed by atoms with van der Waals surface area (Å²) < 4.78 is 5.61. The Bertz CT molecular complexity index is 607. The van der Waals surface area contributed by atoms with Crippen molar-refractivity contribution in [2.24, 2.45) is 0 Å². The second-order valence-electron chi connectivity index (χ2n) is 5.87. The van der Waals surface area contributed by atoms with Crippen LogP contribution in [0.4, 0.5) is 0 Å². The highest BCUT2D eigenvalue weighted by Gasteiger charge is 2.37. The van der Waals surface area contributed by atoms with Gasteiger partial charge in [-0.15, -0.1) is 0 Å². The lowest BCUT2D eigenvalue weighted by molar-refractivity contribution is -0.139. The molecule has 1 aliphatic carbocycles. The Morgan fingerprint density at radius 1 is 1.35 bits per heavy atom. The van der Waals surface area contributed by atoms with E-state index in [4.69, 9.17) is 9.52 Å². The van der Waals surface area contributed by atoms with Crippen molar-refractivity contribution in [2.75, 3.05) is 13.6 Å². The number of hydrogen-bond acceptors (Lipinski definition) is 4. The number of rotatable bonds is 6. The second kappa shape index (κ2) is 7.16. The maximum atomic E-state index is 12.2. The van der Waals surface area contributed by atoms with E-state index in [-0.39, 0.29) is 24.6 Å². The fourth-order valence-electron chi connectivity index (χ4n) is 2.93. The average Bonchev–Trinajstić information content (AvgIpc) is 3.06. The lowest BCUT2D eigenvalue weighted by atomic mass is 9.93. The number of furan rings is 1. The van der Waals surface area contributed by atoms with Gasteiger partial charge in [-0.1, -0.05) is 12.8 Å². The Labute approximate surface area is 142 Å². The molecule has 0 aromatic carbocycles. The molecule has 8 heteroatoms. The Morgan fingerprint density at radius 3 is 2.52 bits per heavy atom. The largest absolute Gasteiger partial charge is 0.481 e. The predicted molar refractivity (Wildman–Crippen MR) is 85.0 cm³/mol. The lowest BCUT2D eigenvalue weighted by Gasteiger charge is -2.29. The van der Waals surface area contributed by atoms with Gasteiger partial charge in [-0.3, -0.25) is 14.4 Å². The first kappa shape index (κ1) is 17.5. The van der Waals surface area contributed by atoms with E-state index in [9.17, 15) is 14.4 Å². The third-order valence-electron chi connectivity index (χ3n) is 3.97. The summed E-state index contributed by atoms with van der Waals surface area (Å²) in [5.41, 5.74) is -0.694. The summed E-state index contributed by atoms with van der Waals surface area (Å²) in [6.07, 6.45) is 2.98. The Morgan fingerprint density at radius 2 is 2.00 bits per heavy atom. The van der Waals surface area contributed by atoms with Crippen LogP contribution < -0.4 is 5.32 Å². The molecule has 7 nitrogen and oxygen atoms in total. The number of likely N-dealkylation sites (N-methyl/N-ethyl adjacent to an activating group) is 1. The van der Waals surface area contributed by atoms with E-state index >= 15 is 0 Å². The number of carbonyl (C=O) groups is 3. The Kier molecular flexibility index (Phi) is 5.46. The molecule has 0 saturated heterocycles. The van der Waals surface area contributed by atoms with Gasteiger partial charge in [0.15, 0.2) is 10.4 Å². The van der Waals surface area contributed by atoms with Crippen molar-refractivity contribution in [2.45, 2.75) is 37.6 Å².